The number of allylic oxidation sites excluding steroid dienone is 2. The van der Waals surface area contributed by atoms with E-state index in [2.05, 4.69) is 19.1 Å². The zero-order valence-corrected chi connectivity index (χ0v) is 14.9. The maximum Gasteiger partial charge on any atom is 0.0597 e. The Labute approximate surface area is 138 Å². The van der Waals surface area contributed by atoms with Crippen molar-refractivity contribution >= 4 is 0 Å². The van der Waals surface area contributed by atoms with Gasteiger partial charge in [0.15, 0.2) is 0 Å². The normalized spacial score (nSPS) is 19.5. The fourth-order valence-electron chi connectivity index (χ4n) is 3.10. The van der Waals surface area contributed by atoms with E-state index in [1.165, 1.54) is 89.9 Å². The molecule has 0 aromatic rings. The minimum absolute atomic E-state index is 0.435. The second-order valence-corrected chi connectivity index (χ2v) is 6.93. The molecule has 1 aliphatic rings. The highest BCUT2D eigenvalue weighted by atomic mass is 16.5. The number of unbranched alkanes of at least 4 members (excludes halogenated alkanes) is 7. The maximum absolute atomic E-state index is 6.02. The molecular formula is C20H39NO. The monoisotopic (exact) mass is 309 g/mol. The average Bonchev–Trinajstić information content (AvgIpc) is 2.46. The molecule has 0 bridgehead atoms. The molecule has 2 heteroatoms. The molecule has 2 atom stereocenters. The van der Waals surface area contributed by atoms with Crippen molar-refractivity contribution in [2.75, 3.05) is 6.61 Å². The first kappa shape index (κ1) is 19.7. The third-order valence-electron chi connectivity index (χ3n) is 4.71. The van der Waals surface area contributed by atoms with Gasteiger partial charge in [0, 0.05) is 12.6 Å². The van der Waals surface area contributed by atoms with Crippen molar-refractivity contribution in [1.82, 2.24) is 0 Å². The first-order valence-corrected chi connectivity index (χ1v) is 9.85. The maximum atomic E-state index is 6.02. The Bertz CT molecular complexity index is 260. The average molecular weight is 310 g/mol. The quantitative estimate of drug-likeness (QED) is 0.309. The summed E-state index contributed by atoms with van der Waals surface area (Å²) in [5.74, 6) is 0. The van der Waals surface area contributed by atoms with Gasteiger partial charge in [-0.3, -0.25) is 0 Å². The lowest BCUT2D eigenvalue weighted by Crippen LogP contribution is -2.26. The third-order valence-corrected chi connectivity index (χ3v) is 4.71. The van der Waals surface area contributed by atoms with Crippen molar-refractivity contribution in [3.05, 3.63) is 12.2 Å². The van der Waals surface area contributed by atoms with Crippen molar-refractivity contribution in [1.29, 1.82) is 0 Å². The van der Waals surface area contributed by atoms with Crippen molar-refractivity contribution in [3.8, 4) is 0 Å². The Morgan fingerprint density at radius 2 is 1.59 bits per heavy atom. The van der Waals surface area contributed by atoms with Gasteiger partial charge in [0.25, 0.3) is 0 Å². The summed E-state index contributed by atoms with van der Waals surface area (Å²) in [6, 6.07) is 0.435. The van der Waals surface area contributed by atoms with Crippen LogP contribution < -0.4 is 5.73 Å². The van der Waals surface area contributed by atoms with E-state index < -0.39 is 0 Å². The third kappa shape index (κ3) is 11.3. The van der Waals surface area contributed by atoms with Crippen LogP contribution in [0.3, 0.4) is 0 Å². The van der Waals surface area contributed by atoms with Gasteiger partial charge in [-0.05, 0) is 51.4 Å². The second-order valence-electron chi connectivity index (χ2n) is 6.93. The highest BCUT2D eigenvalue weighted by Gasteiger charge is 2.16. The molecule has 0 radical (unpaired) electrons. The number of hydrogen-bond donors (Lipinski definition) is 1. The van der Waals surface area contributed by atoms with E-state index in [0.29, 0.717) is 12.1 Å². The van der Waals surface area contributed by atoms with Crippen LogP contribution in [0.5, 0.6) is 0 Å². The van der Waals surface area contributed by atoms with E-state index in [4.69, 9.17) is 10.5 Å². The van der Waals surface area contributed by atoms with Gasteiger partial charge in [-0.15, -0.1) is 0 Å². The molecule has 1 rings (SSSR count). The van der Waals surface area contributed by atoms with Crippen LogP contribution in [0.1, 0.15) is 96.8 Å². The van der Waals surface area contributed by atoms with Gasteiger partial charge in [-0.1, -0.05) is 57.6 Å². The molecule has 2 nitrogen and oxygen atoms in total. The van der Waals surface area contributed by atoms with Gasteiger partial charge in [-0.2, -0.15) is 0 Å². The van der Waals surface area contributed by atoms with E-state index in [9.17, 15) is 0 Å². The highest BCUT2D eigenvalue weighted by molar-refractivity contribution is 4.81. The van der Waals surface area contributed by atoms with Gasteiger partial charge in [0.1, 0.15) is 0 Å². The van der Waals surface area contributed by atoms with Crippen molar-refractivity contribution < 1.29 is 4.74 Å². The summed E-state index contributed by atoms with van der Waals surface area (Å²) in [5.41, 5.74) is 6.02. The first-order valence-electron chi connectivity index (χ1n) is 9.85. The fourth-order valence-corrected chi connectivity index (χ4v) is 3.10. The minimum Gasteiger partial charge on any atom is -0.378 e. The number of nitrogens with two attached hydrogens (primary N) is 1. The summed E-state index contributed by atoms with van der Waals surface area (Å²) in [7, 11) is 0. The summed E-state index contributed by atoms with van der Waals surface area (Å²) >= 11 is 0. The Balaban J connectivity index is 1.72. The van der Waals surface area contributed by atoms with Crippen LogP contribution in [-0.2, 0) is 4.74 Å². The van der Waals surface area contributed by atoms with Crippen molar-refractivity contribution in [3.63, 3.8) is 0 Å². The van der Waals surface area contributed by atoms with E-state index in [1.54, 1.807) is 0 Å². The molecule has 0 aromatic heterocycles. The van der Waals surface area contributed by atoms with Crippen LogP contribution in [0.2, 0.25) is 0 Å². The summed E-state index contributed by atoms with van der Waals surface area (Å²) in [6.45, 7) is 3.22. The molecule has 2 unspecified atom stereocenters. The van der Waals surface area contributed by atoms with Gasteiger partial charge in [-0.25, -0.2) is 0 Å². The molecule has 130 valence electrons. The zero-order chi connectivity index (χ0) is 15.9. The lowest BCUT2D eigenvalue weighted by Gasteiger charge is -2.26. The Hall–Kier alpha value is -0.340. The lowest BCUT2D eigenvalue weighted by molar-refractivity contribution is -0.0555. The van der Waals surface area contributed by atoms with E-state index in [0.717, 1.165) is 6.61 Å². The van der Waals surface area contributed by atoms with Crippen molar-refractivity contribution in [2.24, 2.45) is 5.73 Å². The minimum atomic E-state index is 0.435. The second kappa shape index (κ2) is 14.3. The Morgan fingerprint density at radius 3 is 2.23 bits per heavy atom. The molecule has 0 saturated carbocycles. The van der Waals surface area contributed by atoms with Crippen LogP contribution >= 0.6 is 0 Å². The summed E-state index contributed by atoms with van der Waals surface area (Å²) < 4.78 is 5.44. The van der Waals surface area contributed by atoms with Crippen LogP contribution in [0.15, 0.2) is 12.2 Å². The van der Waals surface area contributed by atoms with E-state index in [-0.39, 0.29) is 0 Å². The smallest absolute Gasteiger partial charge is 0.0597 e. The summed E-state index contributed by atoms with van der Waals surface area (Å²) in [4.78, 5) is 0. The molecular weight excluding hydrogens is 270 g/mol. The zero-order valence-electron chi connectivity index (χ0n) is 14.9. The number of hydrogen-bond acceptors (Lipinski definition) is 2. The molecule has 22 heavy (non-hydrogen) atoms. The van der Waals surface area contributed by atoms with Crippen LogP contribution in [-0.4, -0.2) is 18.8 Å². The predicted octanol–water partition coefficient (Wildman–Crippen LogP) is 5.75. The predicted molar refractivity (Wildman–Crippen MR) is 97.2 cm³/mol. The molecule has 0 aromatic carbocycles. The molecule has 2 N–H and O–H groups in total. The molecule has 1 heterocycles. The summed E-state index contributed by atoms with van der Waals surface area (Å²) in [5, 5.41) is 0. The number of ether oxygens (including phenoxy) is 1. The fraction of sp³-hybridized carbons (Fsp3) is 0.900. The van der Waals surface area contributed by atoms with Gasteiger partial charge >= 0.3 is 0 Å². The molecule has 1 aliphatic heterocycles. The molecule has 0 spiro atoms. The standard InChI is InChI=1S/C20H39NO/c1-2-14-19(21)15-12-10-8-6-4-3-5-7-9-11-13-16-20-17-18-22-20/h4,6,19-20H,2-3,5,7-18,21H2,1H3/b6-4-. The first-order chi connectivity index (χ1) is 10.8. The molecule has 0 aliphatic carbocycles. The summed E-state index contributed by atoms with van der Waals surface area (Å²) in [6.07, 6.45) is 23.6. The van der Waals surface area contributed by atoms with Crippen LogP contribution in [0, 0.1) is 0 Å². The molecule has 0 amide bonds. The molecule has 1 fully saturated rings. The van der Waals surface area contributed by atoms with Gasteiger partial charge in [0.2, 0.25) is 0 Å². The number of rotatable bonds is 15. The van der Waals surface area contributed by atoms with Crippen LogP contribution in [0.4, 0.5) is 0 Å². The Kier molecular flexibility index (Phi) is 12.8. The Morgan fingerprint density at radius 1 is 0.955 bits per heavy atom. The lowest BCUT2D eigenvalue weighted by atomic mass is 10.0. The highest BCUT2D eigenvalue weighted by Crippen LogP contribution is 2.18. The van der Waals surface area contributed by atoms with Crippen LogP contribution in [0.25, 0.3) is 0 Å². The van der Waals surface area contributed by atoms with Gasteiger partial charge < -0.3 is 10.5 Å². The van der Waals surface area contributed by atoms with E-state index >= 15 is 0 Å². The molecule has 1 saturated heterocycles. The van der Waals surface area contributed by atoms with Crippen molar-refractivity contribution in [2.45, 2.75) is 109 Å². The SMILES string of the molecule is CCCC(N)CCCC/C=C\CCCCCCCC1CCO1. The van der Waals surface area contributed by atoms with Gasteiger partial charge in [0.05, 0.1) is 6.10 Å². The topological polar surface area (TPSA) is 35.2 Å². The largest absolute Gasteiger partial charge is 0.378 e. The van der Waals surface area contributed by atoms with E-state index in [1.807, 2.05) is 0 Å².